The number of ether oxygens (including phenoxy) is 1. The number of nitrogens with one attached hydrogen (secondary N) is 1. The summed E-state index contributed by atoms with van der Waals surface area (Å²) in [6.07, 6.45) is 3.12. The van der Waals surface area contributed by atoms with E-state index < -0.39 is 0 Å². The Kier molecular flexibility index (Phi) is 7.14. The highest BCUT2D eigenvalue weighted by atomic mass is 35.5. The molecule has 0 aliphatic heterocycles. The summed E-state index contributed by atoms with van der Waals surface area (Å²) in [5.41, 5.74) is 1.15. The Balaban J connectivity index is 2.27. The second-order valence-corrected chi connectivity index (χ2v) is 4.98. The first-order chi connectivity index (χ1) is 8.67. The van der Waals surface area contributed by atoms with Crippen molar-refractivity contribution in [1.29, 1.82) is 0 Å². The van der Waals surface area contributed by atoms with Gasteiger partial charge in [0.15, 0.2) is 0 Å². The van der Waals surface area contributed by atoms with Crippen molar-refractivity contribution >= 4 is 11.6 Å². The van der Waals surface area contributed by atoms with Crippen molar-refractivity contribution in [1.82, 2.24) is 5.32 Å². The Bertz CT molecular complexity index is 354. The van der Waals surface area contributed by atoms with Crippen LogP contribution in [0.2, 0.25) is 5.02 Å². The van der Waals surface area contributed by atoms with Gasteiger partial charge in [-0.15, -0.1) is 0 Å². The first-order valence-corrected chi connectivity index (χ1v) is 7.19. The van der Waals surface area contributed by atoms with Crippen LogP contribution in [0.3, 0.4) is 0 Å². The second kappa shape index (κ2) is 8.39. The topological polar surface area (TPSA) is 21.3 Å². The maximum absolute atomic E-state index is 6.07. The van der Waals surface area contributed by atoms with Crippen molar-refractivity contribution in [2.45, 2.75) is 46.1 Å². The molecule has 0 aliphatic rings. The fourth-order valence-corrected chi connectivity index (χ4v) is 1.92. The molecule has 2 nitrogen and oxygen atoms in total. The minimum absolute atomic E-state index is 0.590. The molecule has 1 aromatic carbocycles. The van der Waals surface area contributed by atoms with Gasteiger partial charge >= 0.3 is 0 Å². The highest BCUT2D eigenvalue weighted by Crippen LogP contribution is 2.22. The van der Waals surface area contributed by atoms with E-state index in [9.17, 15) is 0 Å². The average Bonchev–Trinajstić information content (AvgIpc) is 2.39. The van der Waals surface area contributed by atoms with Crippen LogP contribution >= 0.6 is 11.6 Å². The van der Waals surface area contributed by atoms with E-state index in [2.05, 4.69) is 26.1 Å². The zero-order valence-electron chi connectivity index (χ0n) is 11.6. The Labute approximate surface area is 116 Å². The van der Waals surface area contributed by atoms with E-state index in [1.165, 1.54) is 0 Å². The van der Waals surface area contributed by atoms with Crippen LogP contribution in [0.15, 0.2) is 18.2 Å². The Hall–Kier alpha value is -0.730. The summed E-state index contributed by atoms with van der Waals surface area (Å²) in [7, 11) is 0. The molecule has 0 heterocycles. The molecule has 1 aromatic rings. The molecule has 1 N–H and O–H groups in total. The van der Waals surface area contributed by atoms with E-state index in [0.717, 1.165) is 48.7 Å². The summed E-state index contributed by atoms with van der Waals surface area (Å²) in [4.78, 5) is 0. The van der Waals surface area contributed by atoms with Crippen LogP contribution in [0, 0.1) is 0 Å². The van der Waals surface area contributed by atoms with Crippen LogP contribution < -0.4 is 10.1 Å². The van der Waals surface area contributed by atoms with Gasteiger partial charge in [0.1, 0.15) is 5.75 Å². The molecular weight excluding hydrogens is 246 g/mol. The van der Waals surface area contributed by atoms with Gasteiger partial charge in [-0.25, -0.2) is 0 Å². The third kappa shape index (κ3) is 5.28. The maximum Gasteiger partial charge on any atom is 0.119 e. The quantitative estimate of drug-likeness (QED) is 0.719. The summed E-state index contributed by atoms with van der Waals surface area (Å²) < 4.78 is 5.72. The monoisotopic (exact) mass is 269 g/mol. The fourth-order valence-electron chi connectivity index (χ4n) is 1.67. The van der Waals surface area contributed by atoms with Crippen molar-refractivity contribution < 1.29 is 4.74 Å². The van der Waals surface area contributed by atoms with E-state index in [4.69, 9.17) is 16.3 Å². The number of hydrogen-bond donors (Lipinski definition) is 1. The number of halogens is 1. The van der Waals surface area contributed by atoms with Gasteiger partial charge < -0.3 is 10.1 Å². The third-order valence-corrected chi connectivity index (χ3v) is 3.46. The van der Waals surface area contributed by atoms with Gasteiger partial charge in [-0.1, -0.05) is 25.4 Å². The molecular formula is C15H24ClNO. The summed E-state index contributed by atoms with van der Waals surface area (Å²) in [6.45, 7) is 8.24. The smallest absolute Gasteiger partial charge is 0.119 e. The van der Waals surface area contributed by atoms with Crippen LogP contribution in [-0.2, 0) is 6.42 Å². The normalized spacial score (nSPS) is 12.4. The molecule has 0 spiro atoms. The molecule has 0 aromatic heterocycles. The standard InChI is InChI=1S/C15H24ClNO/c1-4-12(3)17-9-6-10-18-14-7-8-15(16)13(5-2)11-14/h7-8,11-12,17H,4-6,9-10H2,1-3H3/t12-/m0/s1. The van der Waals surface area contributed by atoms with E-state index >= 15 is 0 Å². The number of benzene rings is 1. The van der Waals surface area contributed by atoms with Crippen molar-refractivity contribution in [3.63, 3.8) is 0 Å². The van der Waals surface area contributed by atoms with Gasteiger partial charge in [0.05, 0.1) is 6.61 Å². The molecule has 0 saturated carbocycles. The minimum atomic E-state index is 0.590. The number of hydrogen-bond acceptors (Lipinski definition) is 2. The fraction of sp³-hybridized carbons (Fsp3) is 0.600. The summed E-state index contributed by atoms with van der Waals surface area (Å²) in [5, 5.41) is 4.27. The summed E-state index contributed by atoms with van der Waals surface area (Å²) >= 11 is 6.07. The van der Waals surface area contributed by atoms with Crippen molar-refractivity contribution in [2.24, 2.45) is 0 Å². The second-order valence-electron chi connectivity index (χ2n) is 4.57. The van der Waals surface area contributed by atoms with Crippen LogP contribution in [0.25, 0.3) is 0 Å². The van der Waals surface area contributed by atoms with E-state index in [1.807, 2.05) is 18.2 Å². The first kappa shape index (κ1) is 15.3. The minimum Gasteiger partial charge on any atom is -0.494 e. The van der Waals surface area contributed by atoms with Gasteiger partial charge in [0.2, 0.25) is 0 Å². The molecule has 1 atom stereocenters. The highest BCUT2D eigenvalue weighted by molar-refractivity contribution is 6.31. The van der Waals surface area contributed by atoms with Crippen molar-refractivity contribution in [2.75, 3.05) is 13.2 Å². The highest BCUT2D eigenvalue weighted by Gasteiger charge is 2.01. The summed E-state index contributed by atoms with van der Waals surface area (Å²) in [6, 6.07) is 6.47. The molecule has 18 heavy (non-hydrogen) atoms. The molecule has 1 rings (SSSR count). The zero-order valence-corrected chi connectivity index (χ0v) is 12.4. The SMILES string of the molecule is CCc1cc(OCCCN[C@@H](C)CC)ccc1Cl. The molecule has 0 unspecified atom stereocenters. The summed E-state index contributed by atoms with van der Waals surface area (Å²) in [5.74, 6) is 0.916. The average molecular weight is 270 g/mol. The van der Waals surface area contributed by atoms with E-state index in [1.54, 1.807) is 0 Å². The first-order valence-electron chi connectivity index (χ1n) is 6.82. The van der Waals surface area contributed by atoms with Crippen molar-refractivity contribution in [3.8, 4) is 5.75 Å². The predicted octanol–water partition coefficient (Wildman–Crippen LogP) is 4.06. The van der Waals surface area contributed by atoms with Gasteiger partial charge in [-0.2, -0.15) is 0 Å². The lowest BCUT2D eigenvalue weighted by Gasteiger charge is -2.12. The van der Waals surface area contributed by atoms with Gasteiger partial charge in [-0.05, 0) is 56.5 Å². The largest absolute Gasteiger partial charge is 0.494 e. The molecule has 0 aliphatic carbocycles. The molecule has 0 amide bonds. The van der Waals surface area contributed by atoms with Crippen LogP contribution in [-0.4, -0.2) is 19.2 Å². The predicted molar refractivity (Wildman–Crippen MR) is 78.7 cm³/mol. The molecule has 0 radical (unpaired) electrons. The molecule has 0 saturated heterocycles. The van der Waals surface area contributed by atoms with Gasteiger partial charge in [-0.3, -0.25) is 0 Å². The van der Waals surface area contributed by atoms with Crippen LogP contribution in [0.4, 0.5) is 0 Å². The van der Waals surface area contributed by atoms with Crippen LogP contribution in [0.5, 0.6) is 5.75 Å². The van der Waals surface area contributed by atoms with E-state index in [-0.39, 0.29) is 0 Å². The van der Waals surface area contributed by atoms with Crippen LogP contribution in [0.1, 0.15) is 39.2 Å². The molecule has 0 bridgehead atoms. The number of aryl methyl sites for hydroxylation is 1. The third-order valence-electron chi connectivity index (χ3n) is 3.09. The Morgan fingerprint density at radius 2 is 2.11 bits per heavy atom. The molecule has 102 valence electrons. The Morgan fingerprint density at radius 3 is 2.78 bits per heavy atom. The molecule has 3 heteroatoms. The zero-order chi connectivity index (χ0) is 13.4. The van der Waals surface area contributed by atoms with E-state index in [0.29, 0.717) is 6.04 Å². The lowest BCUT2D eigenvalue weighted by Crippen LogP contribution is -2.27. The number of rotatable bonds is 8. The van der Waals surface area contributed by atoms with Gasteiger partial charge in [0.25, 0.3) is 0 Å². The molecule has 0 fully saturated rings. The van der Waals surface area contributed by atoms with Crippen molar-refractivity contribution in [3.05, 3.63) is 28.8 Å². The maximum atomic E-state index is 6.07. The lowest BCUT2D eigenvalue weighted by atomic mass is 10.1. The Morgan fingerprint density at radius 1 is 1.33 bits per heavy atom. The lowest BCUT2D eigenvalue weighted by molar-refractivity contribution is 0.305. The van der Waals surface area contributed by atoms with Gasteiger partial charge in [0, 0.05) is 11.1 Å².